The number of rotatable bonds is 6. The first-order valence-electron chi connectivity index (χ1n) is 5.93. The summed E-state index contributed by atoms with van der Waals surface area (Å²) in [5, 5.41) is 3.26. The Labute approximate surface area is 101 Å². The lowest BCUT2D eigenvalue weighted by Gasteiger charge is -2.24. The van der Waals surface area contributed by atoms with Crippen molar-refractivity contribution in [3.05, 3.63) is 29.8 Å². The van der Waals surface area contributed by atoms with Crippen LogP contribution in [-0.2, 0) is 0 Å². The molecule has 1 aromatic carbocycles. The van der Waals surface area contributed by atoms with Crippen LogP contribution in [0.5, 0.6) is 5.75 Å². The average Bonchev–Trinajstić information content (AvgIpc) is 2.29. The van der Waals surface area contributed by atoms with E-state index in [-0.39, 0.29) is 17.9 Å². The van der Waals surface area contributed by atoms with Crippen LogP contribution in [0.1, 0.15) is 27.2 Å². The number of benzene rings is 1. The molecule has 0 aliphatic rings. The first-order valence-corrected chi connectivity index (χ1v) is 5.93. The van der Waals surface area contributed by atoms with E-state index in [4.69, 9.17) is 4.74 Å². The van der Waals surface area contributed by atoms with Crippen LogP contribution < -0.4 is 10.1 Å². The van der Waals surface area contributed by atoms with E-state index in [1.165, 1.54) is 12.1 Å². The molecule has 0 aliphatic heterocycles. The minimum absolute atomic E-state index is 0.0928. The Kier molecular flexibility index (Phi) is 5.35. The fraction of sp³-hybridized carbons (Fsp3) is 0.538. The molecule has 0 heterocycles. The second-order valence-corrected chi connectivity index (χ2v) is 3.97. The van der Waals surface area contributed by atoms with Crippen molar-refractivity contribution in [3.8, 4) is 5.75 Å². The molecule has 1 aromatic rings. The lowest BCUT2D eigenvalue weighted by Crippen LogP contribution is -2.40. The standard InChI is InChI=1S/C13H19F2NO/c1-4-12(16-5-2)9(3)17-13-7-6-10(14)8-11(13)15/h6-9,12,16H,4-5H2,1-3H3. The summed E-state index contributed by atoms with van der Waals surface area (Å²) in [6.07, 6.45) is 0.720. The zero-order chi connectivity index (χ0) is 12.8. The summed E-state index contributed by atoms with van der Waals surface area (Å²) < 4.78 is 31.6. The lowest BCUT2D eigenvalue weighted by molar-refractivity contribution is 0.161. The third kappa shape index (κ3) is 3.97. The van der Waals surface area contributed by atoms with Gasteiger partial charge in [0.25, 0.3) is 0 Å². The van der Waals surface area contributed by atoms with Crippen LogP contribution in [0.15, 0.2) is 18.2 Å². The highest BCUT2D eigenvalue weighted by Crippen LogP contribution is 2.20. The van der Waals surface area contributed by atoms with E-state index < -0.39 is 11.6 Å². The largest absolute Gasteiger partial charge is 0.486 e. The predicted molar refractivity (Wildman–Crippen MR) is 64.2 cm³/mol. The molecule has 0 radical (unpaired) electrons. The van der Waals surface area contributed by atoms with Gasteiger partial charge in [-0.1, -0.05) is 13.8 Å². The monoisotopic (exact) mass is 243 g/mol. The van der Waals surface area contributed by atoms with Gasteiger partial charge >= 0.3 is 0 Å². The van der Waals surface area contributed by atoms with Crippen molar-refractivity contribution >= 4 is 0 Å². The summed E-state index contributed by atoms with van der Waals surface area (Å²) in [4.78, 5) is 0. The van der Waals surface area contributed by atoms with E-state index in [9.17, 15) is 8.78 Å². The van der Waals surface area contributed by atoms with Gasteiger partial charge in [-0.05, 0) is 32.0 Å². The minimum Gasteiger partial charge on any atom is -0.486 e. The number of ether oxygens (including phenoxy) is 1. The predicted octanol–water partition coefficient (Wildman–Crippen LogP) is 3.12. The highest BCUT2D eigenvalue weighted by molar-refractivity contribution is 5.25. The first-order chi connectivity index (χ1) is 8.08. The highest BCUT2D eigenvalue weighted by Gasteiger charge is 2.17. The maximum Gasteiger partial charge on any atom is 0.167 e. The van der Waals surface area contributed by atoms with Crippen molar-refractivity contribution in [2.45, 2.75) is 39.3 Å². The summed E-state index contributed by atoms with van der Waals surface area (Å²) in [6.45, 7) is 6.75. The van der Waals surface area contributed by atoms with E-state index in [0.29, 0.717) is 0 Å². The molecular formula is C13H19F2NO. The molecule has 2 atom stereocenters. The Morgan fingerprint density at radius 3 is 2.53 bits per heavy atom. The van der Waals surface area contributed by atoms with Gasteiger partial charge in [0.05, 0.1) is 0 Å². The Balaban J connectivity index is 2.69. The summed E-state index contributed by atoms with van der Waals surface area (Å²) >= 11 is 0. The molecule has 0 amide bonds. The number of hydrogen-bond donors (Lipinski definition) is 1. The first kappa shape index (κ1) is 13.9. The van der Waals surface area contributed by atoms with E-state index >= 15 is 0 Å². The van der Waals surface area contributed by atoms with E-state index in [0.717, 1.165) is 19.0 Å². The van der Waals surface area contributed by atoms with Crippen LogP contribution in [0.25, 0.3) is 0 Å². The third-order valence-electron chi connectivity index (χ3n) is 2.68. The van der Waals surface area contributed by atoms with Crippen LogP contribution in [0, 0.1) is 11.6 Å². The van der Waals surface area contributed by atoms with Gasteiger partial charge < -0.3 is 10.1 Å². The van der Waals surface area contributed by atoms with Crippen molar-refractivity contribution < 1.29 is 13.5 Å². The second kappa shape index (κ2) is 6.55. The van der Waals surface area contributed by atoms with Gasteiger partial charge in [-0.2, -0.15) is 0 Å². The van der Waals surface area contributed by atoms with Gasteiger partial charge in [-0.15, -0.1) is 0 Å². The van der Waals surface area contributed by atoms with Crippen LogP contribution in [-0.4, -0.2) is 18.7 Å². The molecule has 1 N–H and O–H groups in total. The Morgan fingerprint density at radius 2 is 2.00 bits per heavy atom. The maximum absolute atomic E-state index is 13.4. The van der Waals surface area contributed by atoms with Crippen molar-refractivity contribution in [3.63, 3.8) is 0 Å². The lowest BCUT2D eigenvalue weighted by atomic mass is 10.1. The Morgan fingerprint density at radius 1 is 1.29 bits per heavy atom. The van der Waals surface area contributed by atoms with E-state index in [1.54, 1.807) is 0 Å². The van der Waals surface area contributed by atoms with Crippen molar-refractivity contribution in [1.82, 2.24) is 5.32 Å². The maximum atomic E-state index is 13.4. The number of likely N-dealkylation sites (N-methyl/N-ethyl adjacent to an activating group) is 1. The SMILES string of the molecule is CCNC(CC)C(C)Oc1ccc(F)cc1F. The van der Waals surface area contributed by atoms with Crippen LogP contribution >= 0.6 is 0 Å². The van der Waals surface area contributed by atoms with Crippen molar-refractivity contribution in [1.29, 1.82) is 0 Å². The molecular weight excluding hydrogens is 224 g/mol. The molecule has 0 aliphatic carbocycles. The summed E-state index contributed by atoms with van der Waals surface area (Å²) in [5.74, 6) is -1.17. The Bertz CT molecular complexity index is 357. The summed E-state index contributed by atoms with van der Waals surface area (Å²) in [6, 6.07) is 3.50. The molecule has 0 fully saturated rings. The minimum atomic E-state index is -0.664. The van der Waals surface area contributed by atoms with Gasteiger partial charge in [0.1, 0.15) is 11.9 Å². The van der Waals surface area contributed by atoms with Gasteiger partial charge in [0.15, 0.2) is 11.6 Å². The van der Waals surface area contributed by atoms with Crippen LogP contribution in [0.3, 0.4) is 0 Å². The van der Waals surface area contributed by atoms with E-state index in [2.05, 4.69) is 5.32 Å². The molecule has 0 bridgehead atoms. The number of hydrogen-bond acceptors (Lipinski definition) is 2. The van der Waals surface area contributed by atoms with Gasteiger partial charge in [-0.3, -0.25) is 0 Å². The molecule has 0 spiro atoms. The van der Waals surface area contributed by atoms with Gasteiger partial charge in [-0.25, -0.2) is 8.78 Å². The third-order valence-corrected chi connectivity index (χ3v) is 2.68. The van der Waals surface area contributed by atoms with Crippen LogP contribution in [0.2, 0.25) is 0 Å². The zero-order valence-electron chi connectivity index (χ0n) is 10.5. The smallest absolute Gasteiger partial charge is 0.167 e. The summed E-state index contributed by atoms with van der Waals surface area (Å²) in [5.41, 5.74) is 0. The average molecular weight is 243 g/mol. The highest BCUT2D eigenvalue weighted by atomic mass is 19.1. The zero-order valence-corrected chi connectivity index (χ0v) is 10.5. The normalized spacial score (nSPS) is 14.4. The molecule has 0 saturated heterocycles. The topological polar surface area (TPSA) is 21.3 Å². The van der Waals surface area contributed by atoms with Crippen molar-refractivity contribution in [2.24, 2.45) is 0 Å². The molecule has 0 aromatic heterocycles. The number of halogens is 2. The fourth-order valence-corrected chi connectivity index (χ4v) is 1.76. The van der Waals surface area contributed by atoms with E-state index in [1.807, 2.05) is 20.8 Å². The van der Waals surface area contributed by atoms with Crippen LogP contribution in [0.4, 0.5) is 8.78 Å². The fourth-order valence-electron chi connectivity index (χ4n) is 1.76. The number of nitrogens with one attached hydrogen (secondary N) is 1. The summed E-state index contributed by atoms with van der Waals surface area (Å²) in [7, 11) is 0. The molecule has 1 rings (SSSR count). The van der Waals surface area contributed by atoms with Crippen molar-refractivity contribution in [2.75, 3.05) is 6.54 Å². The van der Waals surface area contributed by atoms with Gasteiger partial charge in [0, 0.05) is 12.1 Å². The molecule has 2 nitrogen and oxygen atoms in total. The molecule has 4 heteroatoms. The van der Waals surface area contributed by atoms with Gasteiger partial charge in [0.2, 0.25) is 0 Å². The molecule has 2 unspecified atom stereocenters. The molecule has 96 valence electrons. The second-order valence-electron chi connectivity index (χ2n) is 3.97. The molecule has 17 heavy (non-hydrogen) atoms. The molecule has 0 saturated carbocycles. The quantitative estimate of drug-likeness (QED) is 0.828. The Hall–Kier alpha value is -1.16.